The largest absolute Gasteiger partial charge is 0.493 e. The molecule has 1 rings (SSSR count). The number of sulfonamides is 1. The van der Waals surface area contributed by atoms with E-state index in [1.807, 2.05) is 0 Å². The van der Waals surface area contributed by atoms with Gasteiger partial charge >= 0.3 is 0 Å². The fourth-order valence-corrected chi connectivity index (χ4v) is 2.83. The van der Waals surface area contributed by atoms with E-state index in [0.717, 1.165) is 0 Å². The number of nitrogens with one attached hydrogen (secondary N) is 1. The molecule has 0 aliphatic rings. The molecule has 0 saturated carbocycles. The molecule has 1 aromatic carbocycles. The van der Waals surface area contributed by atoms with Crippen molar-refractivity contribution < 1.29 is 17.9 Å². The van der Waals surface area contributed by atoms with Crippen molar-refractivity contribution in [1.82, 2.24) is 4.72 Å². The Balaban J connectivity index is 3.10. The monoisotopic (exact) mass is 291 g/mol. The molecular formula is C11H17NO4S2. The van der Waals surface area contributed by atoms with Gasteiger partial charge in [0.25, 0.3) is 0 Å². The summed E-state index contributed by atoms with van der Waals surface area (Å²) >= 11 is 4.04. The Morgan fingerprint density at radius 3 is 2.39 bits per heavy atom. The Hall–Kier alpha value is -0.920. The Bertz CT molecular complexity index is 502. The fraction of sp³-hybridized carbons (Fsp3) is 0.455. The molecule has 0 amide bonds. The smallest absolute Gasteiger partial charge is 0.240 e. The van der Waals surface area contributed by atoms with E-state index in [9.17, 15) is 8.42 Å². The highest BCUT2D eigenvalue weighted by molar-refractivity contribution is 7.89. The lowest BCUT2D eigenvalue weighted by Gasteiger charge is -2.13. The van der Waals surface area contributed by atoms with Gasteiger partial charge < -0.3 is 9.47 Å². The molecule has 0 unspecified atom stereocenters. The van der Waals surface area contributed by atoms with Crippen LogP contribution in [0.5, 0.6) is 11.5 Å². The molecule has 1 N–H and O–H groups in total. The fourth-order valence-electron chi connectivity index (χ4n) is 1.35. The summed E-state index contributed by atoms with van der Waals surface area (Å²) in [5.74, 6) is 1.28. The van der Waals surface area contributed by atoms with Crippen LogP contribution in [-0.2, 0) is 10.0 Å². The summed E-state index contributed by atoms with van der Waals surface area (Å²) in [6.07, 6.45) is 0. The maximum Gasteiger partial charge on any atom is 0.240 e. The molecule has 0 radical (unpaired) electrons. The van der Waals surface area contributed by atoms with Gasteiger partial charge in [0.15, 0.2) is 11.5 Å². The first-order valence-corrected chi connectivity index (χ1v) is 7.41. The van der Waals surface area contributed by atoms with Gasteiger partial charge in [-0.2, -0.15) is 12.6 Å². The molecule has 0 aliphatic carbocycles. The lowest BCUT2D eigenvalue weighted by Crippen LogP contribution is -2.33. The van der Waals surface area contributed by atoms with Gasteiger partial charge in [0.05, 0.1) is 19.1 Å². The maximum atomic E-state index is 12.0. The second-order valence-electron chi connectivity index (χ2n) is 3.72. The van der Waals surface area contributed by atoms with Crippen LogP contribution in [0.3, 0.4) is 0 Å². The van der Waals surface area contributed by atoms with Crippen LogP contribution >= 0.6 is 12.6 Å². The molecule has 1 atom stereocenters. The van der Waals surface area contributed by atoms with Crippen LogP contribution in [0.15, 0.2) is 23.1 Å². The summed E-state index contributed by atoms with van der Waals surface area (Å²) in [6, 6.07) is 4.20. The van der Waals surface area contributed by atoms with Gasteiger partial charge in [-0.05, 0) is 19.1 Å². The van der Waals surface area contributed by atoms with Crippen LogP contribution in [0, 0.1) is 0 Å². The Morgan fingerprint density at radius 2 is 1.89 bits per heavy atom. The third kappa shape index (κ3) is 3.54. The molecular weight excluding hydrogens is 274 g/mol. The van der Waals surface area contributed by atoms with Crippen molar-refractivity contribution in [2.45, 2.75) is 17.9 Å². The number of hydrogen-bond acceptors (Lipinski definition) is 5. The highest BCUT2D eigenvalue weighted by atomic mass is 32.2. The van der Waals surface area contributed by atoms with Gasteiger partial charge in [0.1, 0.15) is 0 Å². The summed E-state index contributed by atoms with van der Waals surface area (Å²) in [6.45, 7) is 1.74. The lowest BCUT2D eigenvalue weighted by atomic mass is 10.3. The summed E-state index contributed by atoms with van der Waals surface area (Å²) in [5, 5.41) is 0. The molecule has 0 fully saturated rings. The van der Waals surface area contributed by atoms with Gasteiger partial charge in [-0.15, -0.1) is 0 Å². The zero-order valence-electron chi connectivity index (χ0n) is 10.5. The third-order valence-corrected chi connectivity index (χ3v) is 4.43. The van der Waals surface area contributed by atoms with Crippen LogP contribution in [0.1, 0.15) is 6.92 Å². The van der Waals surface area contributed by atoms with E-state index >= 15 is 0 Å². The first-order valence-electron chi connectivity index (χ1n) is 5.29. The highest BCUT2D eigenvalue weighted by Gasteiger charge is 2.18. The summed E-state index contributed by atoms with van der Waals surface area (Å²) in [7, 11) is -0.614. The van der Waals surface area contributed by atoms with Gasteiger partial charge in [0.2, 0.25) is 10.0 Å². The van der Waals surface area contributed by atoms with E-state index in [2.05, 4.69) is 17.4 Å². The zero-order chi connectivity index (χ0) is 13.8. The van der Waals surface area contributed by atoms with Crippen molar-refractivity contribution in [3.8, 4) is 11.5 Å². The SMILES string of the molecule is COc1ccc(S(=O)(=O)N[C@H](C)CS)cc1OC. The summed E-state index contributed by atoms with van der Waals surface area (Å²) in [5.41, 5.74) is 0. The molecule has 0 heterocycles. The first kappa shape index (κ1) is 15.1. The van der Waals surface area contributed by atoms with E-state index in [1.165, 1.54) is 26.4 Å². The molecule has 0 spiro atoms. The second kappa shape index (κ2) is 6.31. The lowest BCUT2D eigenvalue weighted by molar-refractivity contribution is 0.354. The predicted molar refractivity (Wildman–Crippen MR) is 73.2 cm³/mol. The van der Waals surface area contributed by atoms with Crippen molar-refractivity contribution in [3.63, 3.8) is 0 Å². The zero-order valence-corrected chi connectivity index (χ0v) is 12.2. The van der Waals surface area contributed by atoms with Crippen molar-refractivity contribution >= 4 is 22.7 Å². The van der Waals surface area contributed by atoms with Gasteiger partial charge in [-0.3, -0.25) is 0 Å². The second-order valence-corrected chi connectivity index (χ2v) is 5.80. The molecule has 102 valence electrons. The number of methoxy groups -OCH3 is 2. The summed E-state index contributed by atoms with van der Waals surface area (Å²) in [4.78, 5) is 0.133. The van der Waals surface area contributed by atoms with E-state index in [4.69, 9.17) is 9.47 Å². The molecule has 1 aromatic rings. The van der Waals surface area contributed by atoms with Crippen molar-refractivity contribution in [1.29, 1.82) is 0 Å². The van der Waals surface area contributed by atoms with E-state index in [1.54, 1.807) is 13.0 Å². The molecule has 5 nitrogen and oxygen atoms in total. The molecule has 0 saturated heterocycles. The van der Waals surface area contributed by atoms with Crippen LogP contribution in [0.25, 0.3) is 0 Å². The number of rotatable bonds is 6. The third-order valence-electron chi connectivity index (χ3n) is 2.30. The predicted octanol–water partition coefficient (Wildman–Crippen LogP) is 1.30. The molecule has 0 bridgehead atoms. The summed E-state index contributed by atoms with van der Waals surface area (Å²) < 4.78 is 36.7. The molecule has 0 aliphatic heterocycles. The number of hydrogen-bond donors (Lipinski definition) is 2. The van der Waals surface area contributed by atoms with Gasteiger partial charge in [-0.25, -0.2) is 13.1 Å². The van der Waals surface area contributed by atoms with Crippen LogP contribution in [-0.4, -0.2) is 34.4 Å². The van der Waals surface area contributed by atoms with E-state index < -0.39 is 10.0 Å². The van der Waals surface area contributed by atoms with Crippen molar-refractivity contribution in [2.24, 2.45) is 0 Å². The Kier molecular flexibility index (Phi) is 5.30. The van der Waals surface area contributed by atoms with Crippen LogP contribution in [0.4, 0.5) is 0 Å². The van der Waals surface area contributed by atoms with Gasteiger partial charge in [-0.1, -0.05) is 0 Å². The number of thiol groups is 1. The Morgan fingerprint density at radius 1 is 1.28 bits per heavy atom. The standard InChI is InChI=1S/C11H17NO4S2/c1-8(7-17)12-18(13,14)9-4-5-10(15-2)11(6-9)16-3/h4-6,8,12,17H,7H2,1-3H3/t8-/m1/s1. The average molecular weight is 291 g/mol. The average Bonchev–Trinajstić information content (AvgIpc) is 2.37. The maximum absolute atomic E-state index is 12.0. The van der Waals surface area contributed by atoms with E-state index in [-0.39, 0.29) is 10.9 Å². The van der Waals surface area contributed by atoms with E-state index in [0.29, 0.717) is 17.3 Å². The first-order chi connectivity index (χ1) is 8.44. The minimum atomic E-state index is -3.56. The van der Waals surface area contributed by atoms with Crippen LogP contribution in [0.2, 0.25) is 0 Å². The number of benzene rings is 1. The molecule has 0 aromatic heterocycles. The molecule has 18 heavy (non-hydrogen) atoms. The normalized spacial score (nSPS) is 13.1. The quantitative estimate of drug-likeness (QED) is 0.776. The van der Waals surface area contributed by atoms with Gasteiger partial charge in [0, 0.05) is 17.9 Å². The topological polar surface area (TPSA) is 64.6 Å². The van der Waals surface area contributed by atoms with Crippen molar-refractivity contribution in [2.75, 3.05) is 20.0 Å². The van der Waals surface area contributed by atoms with Crippen molar-refractivity contribution in [3.05, 3.63) is 18.2 Å². The minimum absolute atomic E-state index is 0.133. The molecule has 7 heteroatoms. The van der Waals surface area contributed by atoms with Crippen LogP contribution < -0.4 is 14.2 Å². The number of ether oxygens (including phenoxy) is 2. The highest BCUT2D eigenvalue weighted by Crippen LogP contribution is 2.29. The minimum Gasteiger partial charge on any atom is -0.493 e. The Labute approximate surface area is 113 Å².